The van der Waals surface area contributed by atoms with E-state index in [1.807, 2.05) is 6.08 Å². The Kier molecular flexibility index (Phi) is 3.53. The summed E-state index contributed by atoms with van der Waals surface area (Å²) >= 11 is 0. The molecule has 0 aromatic rings. The summed E-state index contributed by atoms with van der Waals surface area (Å²) < 4.78 is 0. The Bertz CT molecular complexity index is 707. The number of rotatable bonds is 1. The van der Waals surface area contributed by atoms with Gasteiger partial charge in [0.1, 0.15) is 5.60 Å². The van der Waals surface area contributed by atoms with E-state index < -0.39 is 17.1 Å². The molecule has 0 saturated heterocycles. The first-order valence-electron chi connectivity index (χ1n) is 9.50. The molecule has 4 nitrogen and oxygen atoms in total. The van der Waals surface area contributed by atoms with Gasteiger partial charge in [0.05, 0.1) is 6.10 Å². The van der Waals surface area contributed by atoms with Crippen LogP contribution in [0.15, 0.2) is 23.8 Å². The summed E-state index contributed by atoms with van der Waals surface area (Å²) in [5, 5.41) is 21.0. The number of fused-ring (bicyclic) bond motifs is 5. The quantitative estimate of drug-likeness (QED) is 0.717. The smallest absolute Gasteiger partial charge is 0.161 e. The fourth-order valence-electron chi connectivity index (χ4n) is 6.75. The molecule has 3 saturated carbocycles. The normalized spacial score (nSPS) is 51.4. The molecule has 7 atom stereocenters. The van der Waals surface area contributed by atoms with E-state index in [1.54, 1.807) is 12.2 Å². The molecule has 4 aliphatic carbocycles. The molecule has 0 aromatic heterocycles. The molecule has 0 unspecified atom stereocenters. The molecule has 0 aliphatic heterocycles. The van der Waals surface area contributed by atoms with Gasteiger partial charge in [-0.05, 0) is 56.4 Å². The van der Waals surface area contributed by atoms with E-state index in [-0.39, 0.29) is 28.8 Å². The van der Waals surface area contributed by atoms with Gasteiger partial charge in [0.2, 0.25) is 0 Å². The Labute approximate surface area is 149 Å². The highest BCUT2D eigenvalue weighted by Crippen LogP contribution is 2.66. The summed E-state index contributed by atoms with van der Waals surface area (Å²) in [6.07, 6.45) is 8.35. The van der Waals surface area contributed by atoms with Crippen LogP contribution in [0, 0.1) is 28.6 Å². The van der Waals surface area contributed by atoms with Gasteiger partial charge in [-0.1, -0.05) is 26.0 Å². The van der Waals surface area contributed by atoms with Gasteiger partial charge in [-0.15, -0.1) is 0 Å². The second-order valence-corrected chi connectivity index (χ2v) is 9.13. The topological polar surface area (TPSA) is 74.6 Å². The standard InChI is InChI=1S/C21H28O4/c1-12(22)21(25)9-6-16-14-11-18(24)17-10-13(23)4-7-19(17,2)15(14)5-8-20(16,21)3/h4,7,10,13-16,23,25H,5-6,8-9,11H2,1-3H3/t13-,14-,15+,16+,19-,20+,21+/m1/s1. The minimum atomic E-state index is -1.25. The first-order chi connectivity index (χ1) is 11.6. The number of carbonyl (C=O) groups excluding carboxylic acids is 2. The molecule has 0 heterocycles. The average molecular weight is 344 g/mol. The maximum Gasteiger partial charge on any atom is 0.161 e. The predicted molar refractivity (Wildman–Crippen MR) is 93.6 cm³/mol. The maximum absolute atomic E-state index is 12.9. The van der Waals surface area contributed by atoms with E-state index in [0.29, 0.717) is 18.8 Å². The first kappa shape index (κ1) is 17.2. The van der Waals surface area contributed by atoms with Gasteiger partial charge >= 0.3 is 0 Å². The van der Waals surface area contributed by atoms with Crippen LogP contribution in [0.4, 0.5) is 0 Å². The van der Waals surface area contributed by atoms with Crippen molar-refractivity contribution in [2.45, 2.75) is 64.6 Å². The van der Waals surface area contributed by atoms with Crippen LogP contribution >= 0.6 is 0 Å². The fraction of sp³-hybridized carbons (Fsp3) is 0.714. The highest BCUT2D eigenvalue weighted by Gasteiger charge is 2.66. The van der Waals surface area contributed by atoms with Crippen molar-refractivity contribution in [3.63, 3.8) is 0 Å². The SMILES string of the molecule is CC(=O)[C@@]1(O)CC[C@H]2[C@@H]3CC(=O)C4=C[C@H](O)C=C[C@]4(C)[C@H]3CC[C@@]21C. The van der Waals surface area contributed by atoms with E-state index in [1.165, 1.54) is 6.92 Å². The van der Waals surface area contributed by atoms with Gasteiger partial charge in [-0.3, -0.25) is 9.59 Å². The molecule has 4 rings (SSSR count). The van der Waals surface area contributed by atoms with Crippen LogP contribution < -0.4 is 0 Å². The highest BCUT2D eigenvalue weighted by atomic mass is 16.3. The molecule has 4 heteroatoms. The minimum absolute atomic E-state index is 0.120. The van der Waals surface area contributed by atoms with Crippen LogP contribution in [0.5, 0.6) is 0 Å². The molecule has 0 bridgehead atoms. The Balaban J connectivity index is 1.75. The lowest BCUT2D eigenvalue weighted by Crippen LogP contribution is -2.57. The number of ketones is 2. The number of aliphatic hydroxyl groups is 2. The largest absolute Gasteiger partial charge is 0.385 e. The van der Waals surface area contributed by atoms with Gasteiger partial charge in [0, 0.05) is 22.8 Å². The molecule has 3 fully saturated rings. The van der Waals surface area contributed by atoms with Gasteiger partial charge in [0.25, 0.3) is 0 Å². The third-order valence-corrected chi connectivity index (χ3v) is 8.22. The third kappa shape index (κ3) is 2.01. The molecular formula is C21H28O4. The molecule has 0 aromatic carbocycles. The third-order valence-electron chi connectivity index (χ3n) is 8.22. The number of hydrogen-bond acceptors (Lipinski definition) is 4. The summed E-state index contributed by atoms with van der Waals surface area (Å²) in [6.45, 7) is 5.67. The number of Topliss-reactive ketones (excluding diaryl/α,β-unsaturated/α-hetero) is 2. The van der Waals surface area contributed by atoms with Crippen molar-refractivity contribution >= 4 is 11.6 Å². The van der Waals surface area contributed by atoms with Crippen molar-refractivity contribution in [2.75, 3.05) is 0 Å². The summed E-state index contributed by atoms with van der Waals surface area (Å²) in [6, 6.07) is 0. The highest BCUT2D eigenvalue weighted by molar-refractivity contribution is 5.99. The molecule has 136 valence electrons. The van der Waals surface area contributed by atoms with Gasteiger partial charge in [-0.2, -0.15) is 0 Å². The van der Waals surface area contributed by atoms with Crippen LogP contribution in [0.2, 0.25) is 0 Å². The van der Waals surface area contributed by atoms with Gasteiger partial charge in [0.15, 0.2) is 11.6 Å². The van der Waals surface area contributed by atoms with Crippen LogP contribution in [-0.4, -0.2) is 33.5 Å². The predicted octanol–water partition coefficient (Wildman–Crippen LogP) is 2.59. The second kappa shape index (κ2) is 5.14. The van der Waals surface area contributed by atoms with Crippen molar-refractivity contribution in [1.29, 1.82) is 0 Å². The monoisotopic (exact) mass is 344 g/mol. The van der Waals surface area contributed by atoms with Gasteiger partial charge in [-0.25, -0.2) is 0 Å². The van der Waals surface area contributed by atoms with Gasteiger partial charge < -0.3 is 10.2 Å². The zero-order valence-corrected chi connectivity index (χ0v) is 15.3. The van der Waals surface area contributed by atoms with E-state index in [0.717, 1.165) is 24.8 Å². The number of carbonyl (C=O) groups is 2. The molecule has 0 radical (unpaired) electrons. The Morgan fingerprint density at radius 3 is 2.56 bits per heavy atom. The molecule has 0 amide bonds. The van der Waals surface area contributed by atoms with Crippen LogP contribution in [0.1, 0.15) is 52.9 Å². The van der Waals surface area contributed by atoms with E-state index in [9.17, 15) is 19.8 Å². The summed E-state index contributed by atoms with van der Waals surface area (Å²) in [4.78, 5) is 25.1. The van der Waals surface area contributed by atoms with E-state index in [4.69, 9.17) is 0 Å². The lowest BCUT2D eigenvalue weighted by molar-refractivity contribution is -0.159. The van der Waals surface area contributed by atoms with Crippen LogP contribution in [0.3, 0.4) is 0 Å². The summed E-state index contributed by atoms with van der Waals surface area (Å²) in [5.74, 6) is 0.706. The Morgan fingerprint density at radius 1 is 1.20 bits per heavy atom. The number of allylic oxidation sites excluding steroid dienone is 2. The van der Waals surface area contributed by atoms with Crippen molar-refractivity contribution in [3.8, 4) is 0 Å². The van der Waals surface area contributed by atoms with E-state index in [2.05, 4.69) is 13.8 Å². The fourth-order valence-corrected chi connectivity index (χ4v) is 6.75. The van der Waals surface area contributed by atoms with Crippen molar-refractivity contribution in [1.82, 2.24) is 0 Å². The van der Waals surface area contributed by atoms with Crippen LogP contribution in [0.25, 0.3) is 0 Å². The molecular weight excluding hydrogens is 316 g/mol. The Morgan fingerprint density at radius 2 is 1.88 bits per heavy atom. The van der Waals surface area contributed by atoms with E-state index >= 15 is 0 Å². The average Bonchev–Trinajstić information content (AvgIpc) is 2.83. The van der Waals surface area contributed by atoms with Crippen molar-refractivity contribution in [2.24, 2.45) is 28.6 Å². The molecule has 2 N–H and O–H groups in total. The number of aliphatic hydroxyl groups excluding tert-OH is 1. The number of hydrogen-bond donors (Lipinski definition) is 2. The summed E-state index contributed by atoms with van der Waals surface area (Å²) in [7, 11) is 0. The second-order valence-electron chi connectivity index (χ2n) is 9.13. The first-order valence-corrected chi connectivity index (χ1v) is 9.50. The molecule has 25 heavy (non-hydrogen) atoms. The maximum atomic E-state index is 12.9. The summed E-state index contributed by atoms with van der Waals surface area (Å²) in [5.41, 5.74) is -1.26. The molecule has 0 spiro atoms. The lowest BCUT2D eigenvalue weighted by atomic mass is 9.47. The lowest BCUT2D eigenvalue weighted by Gasteiger charge is -2.57. The van der Waals surface area contributed by atoms with Crippen molar-refractivity contribution < 1.29 is 19.8 Å². The minimum Gasteiger partial charge on any atom is -0.385 e. The van der Waals surface area contributed by atoms with Crippen LogP contribution in [-0.2, 0) is 9.59 Å². The molecule has 4 aliphatic rings. The zero-order valence-electron chi connectivity index (χ0n) is 15.3. The Hall–Kier alpha value is -1.26. The zero-order chi connectivity index (χ0) is 18.2. The van der Waals surface area contributed by atoms with Crippen molar-refractivity contribution in [3.05, 3.63) is 23.8 Å².